The number of hydrogen-bond acceptors (Lipinski definition) is 2. The Balaban J connectivity index is 1.97. The van der Waals surface area contributed by atoms with Crippen LogP contribution in [0.5, 0.6) is 0 Å². The number of benzene rings is 4. The van der Waals surface area contributed by atoms with E-state index in [-0.39, 0.29) is 0 Å². The van der Waals surface area contributed by atoms with Gasteiger partial charge in [-0.2, -0.15) is 0 Å². The molecule has 0 bridgehead atoms. The van der Waals surface area contributed by atoms with Crippen molar-refractivity contribution in [1.82, 2.24) is 4.98 Å². The Morgan fingerprint density at radius 2 is 1.40 bits per heavy atom. The first-order chi connectivity index (χ1) is 12.2. The lowest BCUT2D eigenvalue weighted by Gasteiger charge is -2.15. The molecule has 1 heterocycles. The topological polar surface area (TPSA) is 56.0 Å². The maximum Gasteiger partial charge on any atom is 0.267 e. The van der Waals surface area contributed by atoms with E-state index in [4.69, 9.17) is 5.73 Å². The van der Waals surface area contributed by atoms with E-state index in [1.807, 2.05) is 18.2 Å². The summed E-state index contributed by atoms with van der Waals surface area (Å²) in [6, 6.07) is 22.8. The molecule has 3 heteroatoms. The Bertz CT molecular complexity index is 1260. The van der Waals surface area contributed by atoms with Crippen LogP contribution in [0.4, 0.5) is 0 Å². The van der Waals surface area contributed by atoms with E-state index in [2.05, 4.69) is 53.5 Å². The first kappa shape index (κ1) is 13.9. The third-order valence-corrected chi connectivity index (χ3v) is 4.86. The standard InChI is InChI=1S/C22H14N2O/c23-22(25)21-18(5-2-12-24-21)16-10-8-15-7-6-13-3-1-4-14-9-11-17(16)20(15)19(13)14/h1-12H,(H2,23,25). The molecule has 1 amide bonds. The summed E-state index contributed by atoms with van der Waals surface area (Å²) < 4.78 is 0. The van der Waals surface area contributed by atoms with Crippen molar-refractivity contribution in [3.63, 3.8) is 0 Å². The van der Waals surface area contributed by atoms with Crippen molar-refractivity contribution in [2.24, 2.45) is 5.73 Å². The molecule has 4 aromatic carbocycles. The molecule has 1 aromatic heterocycles. The Labute approximate surface area is 144 Å². The molecule has 0 fully saturated rings. The van der Waals surface area contributed by atoms with Crippen LogP contribution in [0, 0.1) is 0 Å². The van der Waals surface area contributed by atoms with Gasteiger partial charge < -0.3 is 5.73 Å². The highest BCUT2D eigenvalue weighted by Gasteiger charge is 2.16. The van der Waals surface area contributed by atoms with Crippen LogP contribution in [0.1, 0.15) is 10.5 Å². The minimum atomic E-state index is -0.513. The lowest BCUT2D eigenvalue weighted by atomic mass is 9.89. The third-order valence-electron chi connectivity index (χ3n) is 4.86. The molecular weight excluding hydrogens is 308 g/mol. The second kappa shape index (κ2) is 5.02. The Hall–Kier alpha value is -3.46. The van der Waals surface area contributed by atoms with Gasteiger partial charge in [-0.15, -0.1) is 0 Å². The Morgan fingerprint density at radius 3 is 2.16 bits per heavy atom. The summed E-state index contributed by atoms with van der Waals surface area (Å²) in [5, 5.41) is 7.20. The molecule has 0 unspecified atom stereocenters. The van der Waals surface area contributed by atoms with Crippen LogP contribution < -0.4 is 5.73 Å². The highest BCUT2D eigenvalue weighted by atomic mass is 16.1. The zero-order valence-corrected chi connectivity index (χ0v) is 13.4. The summed E-state index contributed by atoms with van der Waals surface area (Å²) in [4.78, 5) is 16.0. The average Bonchev–Trinajstić information content (AvgIpc) is 2.66. The van der Waals surface area contributed by atoms with Crippen LogP contribution in [0.3, 0.4) is 0 Å². The average molecular weight is 322 g/mol. The number of amides is 1. The van der Waals surface area contributed by atoms with E-state index in [1.165, 1.54) is 26.9 Å². The third kappa shape index (κ3) is 1.93. The highest BCUT2D eigenvalue weighted by molar-refractivity contribution is 6.25. The van der Waals surface area contributed by atoms with Crippen molar-refractivity contribution < 1.29 is 4.79 Å². The molecule has 118 valence electrons. The number of carbonyl (C=O) groups excluding carboxylic acids is 1. The van der Waals surface area contributed by atoms with Crippen molar-refractivity contribution in [2.45, 2.75) is 0 Å². The van der Waals surface area contributed by atoms with Gasteiger partial charge in [0.25, 0.3) is 5.91 Å². The first-order valence-electron chi connectivity index (χ1n) is 8.16. The molecule has 0 aliphatic heterocycles. The molecular formula is C22H14N2O. The second-order valence-electron chi connectivity index (χ2n) is 6.23. The van der Waals surface area contributed by atoms with Gasteiger partial charge in [-0.3, -0.25) is 9.78 Å². The van der Waals surface area contributed by atoms with Crippen LogP contribution in [-0.2, 0) is 0 Å². The predicted molar refractivity (Wildman–Crippen MR) is 102 cm³/mol. The molecule has 25 heavy (non-hydrogen) atoms. The van der Waals surface area contributed by atoms with E-state index in [9.17, 15) is 4.79 Å². The number of nitrogens with zero attached hydrogens (tertiary/aromatic N) is 1. The largest absolute Gasteiger partial charge is 0.364 e. The summed E-state index contributed by atoms with van der Waals surface area (Å²) in [7, 11) is 0. The van der Waals surface area contributed by atoms with Crippen LogP contribution in [0.15, 0.2) is 72.9 Å². The number of pyridine rings is 1. The monoisotopic (exact) mass is 322 g/mol. The zero-order valence-electron chi connectivity index (χ0n) is 13.4. The van der Waals surface area contributed by atoms with Gasteiger partial charge in [0, 0.05) is 11.8 Å². The van der Waals surface area contributed by atoms with Crippen LogP contribution in [0.2, 0.25) is 0 Å². The molecule has 0 aliphatic rings. The maximum absolute atomic E-state index is 11.8. The molecule has 5 aromatic rings. The smallest absolute Gasteiger partial charge is 0.267 e. The fourth-order valence-electron chi connectivity index (χ4n) is 3.79. The van der Waals surface area contributed by atoms with Gasteiger partial charge >= 0.3 is 0 Å². The summed E-state index contributed by atoms with van der Waals surface area (Å²) in [6.45, 7) is 0. The number of nitrogens with two attached hydrogens (primary N) is 1. The molecule has 0 saturated heterocycles. The van der Waals surface area contributed by atoms with E-state index in [0.29, 0.717) is 5.69 Å². The number of aromatic nitrogens is 1. The molecule has 0 aliphatic carbocycles. The van der Waals surface area contributed by atoms with Crippen LogP contribution in [-0.4, -0.2) is 10.9 Å². The minimum Gasteiger partial charge on any atom is -0.364 e. The van der Waals surface area contributed by atoms with Gasteiger partial charge in [-0.25, -0.2) is 0 Å². The van der Waals surface area contributed by atoms with Crippen molar-refractivity contribution in [2.75, 3.05) is 0 Å². The SMILES string of the molecule is NC(=O)c1ncccc1-c1ccc2ccc3cccc4ccc1c2c34. The lowest BCUT2D eigenvalue weighted by Crippen LogP contribution is -2.14. The second-order valence-corrected chi connectivity index (χ2v) is 6.23. The van der Waals surface area contributed by atoms with Gasteiger partial charge in [0.15, 0.2) is 0 Å². The molecule has 0 spiro atoms. The first-order valence-corrected chi connectivity index (χ1v) is 8.16. The summed E-state index contributed by atoms with van der Waals surface area (Å²) >= 11 is 0. The van der Waals surface area contributed by atoms with E-state index >= 15 is 0 Å². The number of primary amides is 1. The van der Waals surface area contributed by atoms with Crippen molar-refractivity contribution in [3.05, 3.63) is 78.6 Å². The van der Waals surface area contributed by atoms with Gasteiger partial charge in [-0.1, -0.05) is 60.7 Å². The summed E-state index contributed by atoms with van der Waals surface area (Å²) in [6.07, 6.45) is 1.60. The van der Waals surface area contributed by atoms with E-state index in [1.54, 1.807) is 6.20 Å². The van der Waals surface area contributed by atoms with Crippen LogP contribution in [0.25, 0.3) is 43.4 Å². The fraction of sp³-hybridized carbons (Fsp3) is 0. The van der Waals surface area contributed by atoms with Crippen molar-refractivity contribution in [1.29, 1.82) is 0 Å². The summed E-state index contributed by atoms with van der Waals surface area (Å²) in [5.74, 6) is -0.513. The number of hydrogen-bond donors (Lipinski definition) is 1. The molecule has 3 nitrogen and oxygen atoms in total. The minimum absolute atomic E-state index is 0.303. The number of carbonyl (C=O) groups is 1. The van der Waals surface area contributed by atoms with Crippen LogP contribution >= 0.6 is 0 Å². The van der Waals surface area contributed by atoms with Gasteiger partial charge in [0.1, 0.15) is 5.69 Å². The molecule has 5 rings (SSSR count). The zero-order chi connectivity index (χ0) is 17.0. The molecule has 0 atom stereocenters. The normalized spacial score (nSPS) is 11.5. The Kier molecular flexibility index (Phi) is 2.80. The lowest BCUT2D eigenvalue weighted by molar-refractivity contribution is 0.0996. The molecule has 0 radical (unpaired) electrons. The van der Waals surface area contributed by atoms with E-state index in [0.717, 1.165) is 16.5 Å². The molecule has 2 N–H and O–H groups in total. The van der Waals surface area contributed by atoms with Gasteiger partial charge in [0.2, 0.25) is 0 Å². The fourth-order valence-corrected chi connectivity index (χ4v) is 3.79. The quantitative estimate of drug-likeness (QED) is 0.477. The van der Waals surface area contributed by atoms with Crippen molar-refractivity contribution >= 4 is 38.2 Å². The predicted octanol–water partition coefficient (Wildman–Crippen LogP) is 4.74. The number of rotatable bonds is 2. The van der Waals surface area contributed by atoms with Crippen molar-refractivity contribution in [3.8, 4) is 11.1 Å². The highest BCUT2D eigenvalue weighted by Crippen LogP contribution is 2.39. The van der Waals surface area contributed by atoms with Gasteiger partial charge in [0.05, 0.1) is 0 Å². The van der Waals surface area contributed by atoms with Gasteiger partial charge in [-0.05, 0) is 43.9 Å². The summed E-state index contributed by atoms with van der Waals surface area (Å²) in [5.41, 5.74) is 7.59. The van der Waals surface area contributed by atoms with E-state index < -0.39 is 5.91 Å². The maximum atomic E-state index is 11.8. The Morgan fingerprint density at radius 1 is 0.720 bits per heavy atom. The molecule has 0 saturated carbocycles.